The molecule has 0 aliphatic carbocycles. The summed E-state index contributed by atoms with van der Waals surface area (Å²) in [5.74, 6) is 0.612. The molecule has 0 spiro atoms. The first-order chi connectivity index (χ1) is 18.3. The smallest absolute Gasteiger partial charge is 0.242 e. The number of fused-ring (bicyclic) bond motifs is 2. The van der Waals surface area contributed by atoms with E-state index in [4.69, 9.17) is 4.74 Å². The van der Waals surface area contributed by atoms with E-state index in [0.29, 0.717) is 41.0 Å². The maximum atomic E-state index is 12.2. The van der Waals surface area contributed by atoms with E-state index in [0.717, 1.165) is 22.2 Å². The molecule has 194 valence electrons. The number of benzene rings is 1. The van der Waals surface area contributed by atoms with Gasteiger partial charge in [0.2, 0.25) is 17.7 Å². The van der Waals surface area contributed by atoms with Gasteiger partial charge in [0.25, 0.3) is 0 Å². The summed E-state index contributed by atoms with van der Waals surface area (Å²) in [4.78, 5) is 27.4. The number of rotatable bonds is 7. The minimum absolute atomic E-state index is 0.0434. The van der Waals surface area contributed by atoms with Crippen molar-refractivity contribution in [3.8, 4) is 23.2 Å². The Bertz CT molecular complexity index is 1590. The summed E-state index contributed by atoms with van der Waals surface area (Å²) < 4.78 is 7.30. The summed E-state index contributed by atoms with van der Waals surface area (Å²) in [5, 5.41) is 27.0. The van der Waals surface area contributed by atoms with Crippen molar-refractivity contribution >= 4 is 34.3 Å². The molecule has 4 aromatic rings. The Morgan fingerprint density at radius 2 is 2.13 bits per heavy atom. The molecule has 1 amide bonds. The first-order valence-corrected chi connectivity index (χ1v) is 12.0. The Morgan fingerprint density at radius 1 is 1.32 bits per heavy atom. The van der Waals surface area contributed by atoms with Gasteiger partial charge in [-0.05, 0) is 35.9 Å². The molecule has 3 aromatic heterocycles. The zero-order chi connectivity index (χ0) is 27.0. The van der Waals surface area contributed by atoms with Crippen LogP contribution in [0.3, 0.4) is 0 Å². The molecule has 5 rings (SSSR count). The highest BCUT2D eigenvalue weighted by atomic mass is 16.5. The van der Waals surface area contributed by atoms with Crippen LogP contribution in [0.1, 0.15) is 18.1 Å². The first kappa shape index (κ1) is 25.0. The molecular weight excluding hydrogens is 484 g/mol. The van der Waals surface area contributed by atoms with E-state index >= 15 is 0 Å². The molecule has 1 aromatic carbocycles. The molecule has 38 heavy (non-hydrogen) atoms. The summed E-state index contributed by atoms with van der Waals surface area (Å²) in [5.41, 5.74) is 4.20. The SMILES string of the molecule is COc1nc2c(ccn2CC(=O)N(C)C)cc1Nc1nccc(-c2cc(C#N)c3c(c2)[C@@](C)(CO)CN3)n1. The van der Waals surface area contributed by atoms with Crippen molar-refractivity contribution in [1.29, 1.82) is 5.26 Å². The second-order valence-electron chi connectivity index (χ2n) is 9.71. The molecule has 0 unspecified atom stereocenters. The van der Waals surface area contributed by atoms with Gasteiger partial charge in [0.15, 0.2) is 0 Å². The van der Waals surface area contributed by atoms with Crippen LogP contribution in [0.15, 0.2) is 42.7 Å². The van der Waals surface area contributed by atoms with Crippen LogP contribution in [0.5, 0.6) is 5.88 Å². The largest absolute Gasteiger partial charge is 0.479 e. The number of aliphatic hydroxyl groups is 1. The van der Waals surface area contributed by atoms with Gasteiger partial charge in [-0.3, -0.25) is 4.79 Å². The predicted molar refractivity (Wildman–Crippen MR) is 143 cm³/mol. The van der Waals surface area contributed by atoms with Gasteiger partial charge in [0, 0.05) is 49.4 Å². The van der Waals surface area contributed by atoms with Crippen molar-refractivity contribution < 1.29 is 14.6 Å². The van der Waals surface area contributed by atoms with Gasteiger partial charge in [0.1, 0.15) is 23.9 Å². The van der Waals surface area contributed by atoms with Gasteiger partial charge < -0.3 is 29.9 Å². The van der Waals surface area contributed by atoms with Gasteiger partial charge in [-0.25, -0.2) is 9.97 Å². The molecule has 0 saturated heterocycles. The molecule has 0 radical (unpaired) electrons. The Balaban J connectivity index is 1.49. The molecule has 0 saturated carbocycles. The van der Waals surface area contributed by atoms with Crippen molar-refractivity contribution in [2.24, 2.45) is 0 Å². The standard InChI is InChI=1S/C27H28N8O3/c1-27(15-36)14-30-23-18(12-28)9-17(10-19(23)27)20-5-7-29-26(31-20)32-21-11-16-6-8-35(13-22(37)34(2)3)24(16)33-25(21)38-4/h5-11,30,36H,13-15H2,1-4H3,(H,29,31,32)/t27-/m1/s1. The van der Waals surface area contributed by atoms with Gasteiger partial charge in [0.05, 0.1) is 30.7 Å². The van der Waals surface area contributed by atoms with Gasteiger partial charge >= 0.3 is 0 Å². The zero-order valence-corrected chi connectivity index (χ0v) is 21.6. The van der Waals surface area contributed by atoms with Crippen LogP contribution >= 0.6 is 0 Å². The number of ether oxygens (including phenoxy) is 1. The quantitative estimate of drug-likeness (QED) is 0.341. The van der Waals surface area contributed by atoms with E-state index in [1.165, 1.54) is 12.0 Å². The van der Waals surface area contributed by atoms with E-state index < -0.39 is 5.41 Å². The number of hydrogen-bond donors (Lipinski definition) is 3. The zero-order valence-electron chi connectivity index (χ0n) is 21.6. The third-order valence-electron chi connectivity index (χ3n) is 6.81. The molecule has 1 aliphatic rings. The minimum atomic E-state index is -0.493. The number of anilines is 3. The number of likely N-dealkylation sites (N-methyl/N-ethyl adjacent to an activating group) is 1. The minimum Gasteiger partial charge on any atom is -0.479 e. The monoisotopic (exact) mass is 512 g/mol. The van der Waals surface area contributed by atoms with Gasteiger partial charge in [-0.15, -0.1) is 0 Å². The average molecular weight is 513 g/mol. The number of aliphatic hydroxyl groups excluding tert-OH is 1. The summed E-state index contributed by atoms with van der Waals surface area (Å²) in [6.45, 7) is 2.63. The fraction of sp³-hybridized carbons (Fsp3) is 0.296. The van der Waals surface area contributed by atoms with E-state index in [-0.39, 0.29) is 19.1 Å². The van der Waals surface area contributed by atoms with Crippen molar-refractivity contribution in [3.05, 3.63) is 53.9 Å². The van der Waals surface area contributed by atoms with E-state index in [2.05, 4.69) is 31.7 Å². The molecule has 3 N–H and O–H groups in total. The highest BCUT2D eigenvalue weighted by Gasteiger charge is 2.36. The van der Waals surface area contributed by atoms with Crippen molar-refractivity contribution in [1.82, 2.24) is 24.4 Å². The number of hydrogen-bond acceptors (Lipinski definition) is 9. The lowest BCUT2D eigenvalue weighted by Gasteiger charge is -2.21. The fourth-order valence-electron chi connectivity index (χ4n) is 4.52. The average Bonchev–Trinajstić information content (AvgIpc) is 3.48. The lowest BCUT2D eigenvalue weighted by atomic mass is 9.83. The molecule has 1 aliphatic heterocycles. The Hall–Kier alpha value is -4.69. The van der Waals surface area contributed by atoms with Gasteiger partial charge in [-0.1, -0.05) is 6.92 Å². The summed E-state index contributed by atoms with van der Waals surface area (Å²) in [6.07, 6.45) is 3.45. The highest BCUT2D eigenvalue weighted by molar-refractivity contribution is 5.85. The number of nitrogens with one attached hydrogen (secondary N) is 2. The Kier molecular flexibility index (Phi) is 6.34. The molecule has 11 nitrogen and oxygen atoms in total. The molecular formula is C27H28N8O3. The third-order valence-corrected chi connectivity index (χ3v) is 6.81. The number of nitrogens with zero attached hydrogens (tertiary/aromatic N) is 6. The van der Waals surface area contributed by atoms with E-state index in [1.54, 1.807) is 37.0 Å². The Morgan fingerprint density at radius 3 is 2.84 bits per heavy atom. The lowest BCUT2D eigenvalue weighted by Crippen LogP contribution is -2.28. The van der Waals surface area contributed by atoms with E-state index in [1.807, 2.05) is 31.3 Å². The normalized spacial score (nSPS) is 16.0. The van der Waals surface area contributed by atoms with Crippen LogP contribution in [-0.2, 0) is 16.8 Å². The topological polar surface area (TPSA) is 141 Å². The predicted octanol–water partition coefficient (Wildman–Crippen LogP) is 2.88. The van der Waals surface area contributed by atoms with Crippen LogP contribution in [0.4, 0.5) is 17.3 Å². The highest BCUT2D eigenvalue weighted by Crippen LogP contribution is 2.41. The van der Waals surface area contributed by atoms with Crippen molar-refractivity contribution in [2.75, 3.05) is 45.0 Å². The van der Waals surface area contributed by atoms with Crippen LogP contribution in [0.25, 0.3) is 22.3 Å². The number of pyridine rings is 1. The maximum absolute atomic E-state index is 12.2. The Labute approximate surface area is 219 Å². The molecule has 0 fully saturated rings. The number of methoxy groups -OCH3 is 1. The van der Waals surface area contributed by atoms with Crippen molar-refractivity contribution in [3.63, 3.8) is 0 Å². The van der Waals surface area contributed by atoms with Crippen LogP contribution in [0.2, 0.25) is 0 Å². The maximum Gasteiger partial charge on any atom is 0.242 e. The summed E-state index contributed by atoms with van der Waals surface area (Å²) in [6, 6.07) is 11.5. The molecule has 0 bridgehead atoms. The summed E-state index contributed by atoms with van der Waals surface area (Å²) in [7, 11) is 4.95. The van der Waals surface area contributed by atoms with Gasteiger partial charge in [-0.2, -0.15) is 10.2 Å². The molecule has 11 heteroatoms. The molecule has 4 heterocycles. The van der Waals surface area contributed by atoms with Crippen LogP contribution in [-0.4, -0.2) is 69.8 Å². The summed E-state index contributed by atoms with van der Waals surface area (Å²) >= 11 is 0. The lowest BCUT2D eigenvalue weighted by molar-refractivity contribution is -0.129. The third kappa shape index (κ3) is 4.35. The van der Waals surface area contributed by atoms with Crippen LogP contribution < -0.4 is 15.4 Å². The molecule has 1 atom stereocenters. The fourth-order valence-corrected chi connectivity index (χ4v) is 4.52. The second kappa shape index (κ2) is 9.64. The van der Waals surface area contributed by atoms with E-state index in [9.17, 15) is 15.2 Å². The number of carbonyl (C=O) groups excluding carboxylic acids is 1. The van der Waals surface area contributed by atoms with Crippen molar-refractivity contribution in [2.45, 2.75) is 18.9 Å². The number of nitriles is 1. The second-order valence-corrected chi connectivity index (χ2v) is 9.71. The number of amides is 1. The number of aromatic nitrogens is 4. The number of carbonyl (C=O) groups is 1. The first-order valence-electron chi connectivity index (χ1n) is 12.0. The van der Waals surface area contributed by atoms with Crippen LogP contribution in [0, 0.1) is 11.3 Å².